The van der Waals surface area contributed by atoms with Crippen LogP contribution >= 0.6 is 0 Å². The Morgan fingerprint density at radius 2 is 1.91 bits per heavy atom. The fourth-order valence-electron chi connectivity index (χ4n) is 2.07. The number of carbonyl (C=O) groups excluding carboxylic acids is 1. The van der Waals surface area contributed by atoms with Crippen molar-refractivity contribution in [2.24, 2.45) is 0 Å². The van der Waals surface area contributed by atoms with Gasteiger partial charge in [0.15, 0.2) is 0 Å². The highest BCUT2D eigenvalue weighted by molar-refractivity contribution is 5.93. The molecule has 1 aromatic heterocycles. The van der Waals surface area contributed by atoms with Gasteiger partial charge in [0.25, 0.3) is 5.91 Å². The van der Waals surface area contributed by atoms with Crippen LogP contribution in [-0.2, 0) is 0 Å². The number of pyridine rings is 1. The van der Waals surface area contributed by atoms with Gasteiger partial charge in [-0.2, -0.15) is 0 Å². The molecule has 2 rings (SSSR count). The van der Waals surface area contributed by atoms with Crippen LogP contribution in [0.1, 0.15) is 37.2 Å². The summed E-state index contributed by atoms with van der Waals surface area (Å²) >= 11 is 0. The van der Waals surface area contributed by atoms with Crippen LogP contribution in [0.3, 0.4) is 0 Å². The Morgan fingerprint density at radius 1 is 1.13 bits per heavy atom. The molecule has 1 heterocycles. The number of benzene rings is 1. The zero-order chi connectivity index (χ0) is 16.5. The molecule has 0 saturated heterocycles. The number of carbonyl (C=O) groups is 1. The molecule has 0 fully saturated rings. The number of anilines is 2. The molecule has 5 nitrogen and oxygen atoms in total. The van der Waals surface area contributed by atoms with E-state index >= 15 is 0 Å². The fraction of sp³-hybridized carbons (Fsp3) is 0.333. The zero-order valence-corrected chi connectivity index (χ0v) is 13.6. The third kappa shape index (κ3) is 5.29. The van der Waals surface area contributed by atoms with E-state index in [4.69, 9.17) is 4.74 Å². The molecular weight excluding hydrogens is 290 g/mol. The molecule has 1 aromatic carbocycles. The van der Waals surface area contributed by atoms with Crippen LogP contribution in [0.4, 0.5) is 11.4 Å². The second-order valence-electron chi connectivity index (χ2n) is 5.12. The molecule has 0 aliphatic heterocycles. The van der Waals surface area contributed by atoms with Crippen LogP contribution in [0.15, 0.2) is 42.6 Å². The fourth-order valence-corrected chi connectivity index (χ4v) is 2.07. The monoisotopic (exact) mass is 313 g/mol. The molecule has 1 amide bonds. The number of nitrogens with zero attached hydrogens (tertiary/aromatic N) is 1. The average molecular weight is 313 g/mol. The maximum absolute atomic E-state index is 12.0. The first kappa shape index (κ1) is 16.8. The number of rotatable bonds is 8. The first-order valence-electron chi connectivity index (χ1n) is 7.97. The minimum Gasteiger partial charge on any atom is -0.494 e. The normalized spacial score (nSPS) is 10.2. The summed E-state index contributed by atoms with van der Waals surface area (Å²) in [6.07, 6.45) is 3.65. The standard InChI is InChI=1S/C18H23N3O2/c1-3-5-11-20-18(22)17-13-15(10-12-19-17)21-14-6-8-16(9-7-14)23-4-2/h6-10,12-13H,3-5,11H2,1-2H3,(H,19,21)(H,20,22). The van der Waals surface area contributed by atoms with E-state index in [2.05, 4.69) is 22.5 Å². The molecule has 0 aliphatic carbocycles. The summed E-state index contributed by atoms with van der Waals surface area (Å²) in [5.41, 5.74) is 2.17. The molecule has 23 heavy (non-hydrogen) atoms. The van der Waals surface area contributed by atoms with Crippen molar-refractivity contribution in [2.45, 2.75) is 26.7 Å². The van der Waals surface area contributed by atoms with Gasteiger partial charge in [0, 0.05) is 24.1 Å². The maximum Gasteiger partial charge on any atom is 0.269 e. The predicted octanol–water partition coefficient (Wildman–Crippen LogP) is 3.75. The lowest BCUT2D eigenvalue weighted by Gasteiger charge is -2.09. The van der Waals surface area contributed by atoms with E-state index in [9.17, 15) is 4.79 Å². The van der Waals surface area contributed by atoms with E-state index < -0.39 is 0 Å². The number of nitrogens with one attached hydrogen (secondary N) is 2. The second-order valence-corrected chi connectivity index (χ2v) is 5.12. The molecule has 0 spiro atoms. The van der Waals surface area contributed by atoms with Crippen molar-refractivity contribution >= 4 is 17.3 Å². The van der Waals surface area contributed by atoms with Crippen molar-refractivity contribution in [3.8, 4) is 5.75 Å². The quantitative estimate of drug-likeness (QED) is 0.729. The van der Waals surface area contributed by atoms with Crippen molar-refractivity contribution < 1.29 is 9.53 Å². The van der Waals surface area contributed by atoms with Crippen LogP contribution in [0.5, 0.6) is 5.75 Å². The molecule has 0 aliphatic rings. The molecule has 2 aromatic rings. The van der Waals surface area contributed by atoms with E-state index in [1.54, 1.807) is 12.3 Å². The lowest BCUT2D eigenvalue weighted by molar-refractivity contribution is 0.0948. The van der Waals surface area contributed by atoms with E-state index in [0.717, 1.165) is 30.0 Å². The third-order valence-corrected chi connectivity index (χ3v) is 3.26. The van der Waals surface area contributed by atoms with Crippen molar-refractivity contribution in [1.82, 2.24) is 10.3 Å². The Bertz CT molecular complexity index is 626. The molecule has 0 radical (unpaired) electrons. The smallest absolute Gasteiger partial charge is 0.269 e. The van der Waals surface area contributed by atoms with Crippen molar-refractivity contribution in [2.75, 3.05) is 18.5 Å². The molecule has 5 heteroatoms. The van der Waals surface area contributed by atoms with Gasteiger partial charge in [-0.05, 0) is 49.7 Å². The Morgan fingerprint density at radius 3 is 2.61 bits per heavy atom. The topological polar surface area (TPSA) is 63.2 Å². The molecule has 0 bridgehead atoms. The van der Waals surface area contributed by atoms with Gasteiger partial charge in [0.2, 0.25) is 0 Å². The maximum atomic E-state index is 12.0. The van der Waals surface area contributed by atoms with Gasteiger partial charge in [-0.15, -0.1) is 0 Å². The summed E-state index contributed by atoms with van der Waals surface area (Å²) in [4.78, 5) is 16.1. The first-order valence-corrected chi connectivity index (χ1v) is 7.97. The van der Waals surface area contributed by atoms with Crippen molar-refractivity contribution in [3.63, 3.8) is 0 Å². The molecule has 0 unspecified atom stereocenters. The third-order valence-electron chi connectivity index (χ3n) is 3.26. The highest BCUT2D eigenvalue weighted by Crippen LogP contribution is 2.20. The van der Waals surface area contributed by atoms with Crippen LogP contribution in [0, 0.1) is 0 Å². The number of ether oxygens (including phenoxy) is 1. The van der Waals surface area contributed by atoms with Gasteiger partial charge < -0.3 is 15.4 Å². The number of hydrogen-bond donors (Lipinski definition) is 2. The van der Waals surface area contributed by atoms with E-state index in [1.807, 2.05) is 37.3 Å². The molecular formula is C18H23N3O2. The van der Waals surface area contributed by atoms with Crippen molar-refractivity contribution in [3.05, 3.63) is 48.3 Å². The Hall–Kier alpha value is -2.56. The highest BCUT2D eigenvalue weighted by Gasteiger charge is 2.07. The van der Waals surface area contributed by atoms with E-state index in [0.29, 0.717) is 18.8 Å². The summed E-state index contributed by atoms with van der Waals surface area (Å²) in [5, 5.41) is 6.13. The Labute approximate surface area is 137 Å². The molecule has 0 atom stereocenters. The summed E-state index contributed by atoms with van der Waals surface area (Å²) in [7, 11) is 0. The number of hydrogen-bond acceptors (Lipinski definition) is 4. The van der Waals surface area contributed by atoms with E-state index in [-0.39, 0.29) is 5.91 Å². The van der Waals surface area contributed by atoms with Gasteiger partial charge in [-0.25, -0.2) is 0 Å². The zero-order valence-electron chi connectivity index (χ0n) is 13.6. The lowest BCUT2D eigenvalue weighted by Crippen LogP contribution is -2.25. The van der Waals surface area contributed by atoms with Gasteiger partial charge >= 0.3 is 0 Å². The Kier molecular flexibility index (Phi) is 6.41. The summed E-state index contributed by atoms with van der Waals surface area (Å²) in [6.45, 7) is 5.36. The highest BCUT2D eigenvalue weighted by atomic mass is 16.5. The minimum absolute atomic E-state index is 0.145. The summed E-state index contributed by atoms with van der Waals surface area (Å²) in [6, 6.07) is 11.3. The second kappa shape index (κ2) is 8.78. The van der Waals surface area contributed by atoms with Crippen LogP contribution in [0.2, 0.25) is 0 Å². The predicted molar refractivity (Wildman–Crippen MR) is 92.4 cm³/mol. The van der Waals surface area contributed by atoms with Gasteiger partial charge in [-0.1, -0.05) is 13.3 Å². The minimum atomic E-state index is -0.145. The molecule has 122 valence electrons. The van der Waals surface area contributed by atoms with Crippen molar-refractivity contribution in [1.29, 1.82) is 0 Å². The van der Waals surface area contributed by atoms with Crippen LogP contribution < -0.4 is 15.4 Å². The molecule has 2 N–H and O–H groups in total. The van der Waals surface area contributed by atoms with Gasteiger partial charge in [0.1, 0.15) is 11.4 Å². The largest absolute Gasteiger partial charge is 0.494 e. The number of aromatic nitrogens is 1. The Balaban J connectivity index is 2.00. The van der Waals surface area contributed by atoms with Gasteiger partial charge in [0.05, 0.1) is 6.61 Å². The van der Waals surface area contributed by atoms with Crippen LogP contribution in [0.25, 0.3) is 0 Å². The van der Waals surface area contributed by atoms with Crippen LogP contribution in [-0.4, -0.2) is 24.0 Å². The first-order chi connectivity index (χ1) is 11.2. The lowest BCUT2D eigenvalue weighted by atomic mass is 10.2. The molecule has 0 saturated carbocycles. The summed E-state index contributed by atoms with van der Waals surface area (Å²) < 4.78 is 5.42. The van der Waals surface area contributed by atoms with E-state index in [1.165, 1.54) is 0 Å². The average Bonchev–Trinajstić information content (AvgIpc) is 2.57. The SMILES string of the molecule is CCCCNC(=O)c1cc(Nc2ccc(OCC)cc2)ccn1. The number of amides is 1. The van der Waals surface area contributed by atoms with Gasteiger partial charge in [-0.3, -0.25) is 9.78 Å². The summed E-state index contributed by atoms with van der Waals surface area (Å²) in [5.74, 6) is 0.692. The number of unbranched alkanes of at least 4 members (excludes halogenated alkanes) is 1.